The Morgan fingerprint density at radius 1 is 1.32 bits per heavy atom. The van der Waals surface area contributed by atoms with Crippen molar-refractivity contribution in [3.05, 3.63) is 42.2 Å². The molecule has 0 spiro atoms. The topological polar surface area (TPSA) is 67.2 Å². The quantitative estimate of drug-likeness (QED) is 0.929. The molecular formula is C19H22N4O2. The molecule has 0 radical (unpaired) electrons. The first kappa shape index (κ1) is 15.9. The van der Waals surface area contributed by atoms with Crippen molar-refractivity contribution in [1.29, 1.82) is 0 Å². The highest BCUT2D eigenvalue weighted by molar-refractivity contribution is 6.16. The molecule has 2 heterocycles. The lowest BCUT2D eigenvalue weighted by atomic mass is 9.93. The number of rotatable bonds is 4. The molecule has 1 aliphatic carbocycles. The number of amides is 2. The van der Waals surface area contributed by atoms with Gasteiger partial charge in [-0.1, -0.05) is 25.5 Å². The molecule has 1 saturated carbocycles. The van der Waals surface area contributed by atoms with Crippen LogP contribution < -0.4 is 10.2 Å². The molecule has 130 valence electrons. The summed E-state index contributed by atoms with van der Waals surface area (Å²) in [6.07, 6.45) is 8.34. The van der Waals surface area contributed by atoms with Crippen molar-refractivity contribution in [3.8, 4) is 0 Å². The number of nitrogens with zero attached hydrogens (tertiary/aromatic N) is 3. The van der Waals surface area contributed by atoms with Gasteiger partial charge in [-0.25, -0.2) is 0 Å². The summed E-state index contributed by atoms with van der Waals surface area (Å²) < 4.78 is 1.89. The number of fused-ring (bicyclic) bond motifs is 1. The predicted molar refractivity (Wildman–Crippen MR) is 95.7 cm³/mol. The number of hydrogen-bond acceptors (Lipinski definition) is 3. The number of carbonyl (C=O) groups excluding carboxylic acids is 2. The molecule has 1 aliphatic heterocycles. The van der Waals surface area contributed by atoms with Crippen molar-refractivity contribution in [2.45, 2.75) is 51.1 Å². The van der Waals surface area contributed by atoms with Crippen molar-refractivity contribution in [2.24, 2.45) is 0 Å². The fraction of sp³-hybridized carbons (Fsp3) is 0.421. The third-order valence-corrected chi connectivity index (χ3v) is 5.11. The van der Waals surface area contributed by atoms with Crippen LogP contribution >= 0.6 is 0 Å². The van der Waals surface area contributed by atoms with Crippen LogP contribution in [0.4, 0.5) is 11.4 Å². The number of aromatic nitrogens is 2. The average Bonchev–Trinajstić information content (AvgIpc) is 3.03. The Bertz CT molecular complexity index is 809. The van der Waals surface area contributed by atoms with E-state index in [9.17, 15) is 9.59 Å². The normalized spacial score (nSPS) is 20.0. The van der Waals surface area contributed by atoms with Gasteiger partial charge in [-0.15, -0.1) is 0 Å². The Kier molecular flexibility index (Phi) is 4.03. The Hall–Kier alpha value is -2.63. The zero-order chi connectivity index (χ0) is 17.4. The van der Waals surface area contributed by atoms with Crippen LogP contribution in [0.1, 0.15) is 55.4 Å². The first-order valence-electron chi connectivity index (χ1n) is 8.96. The van der Waals surface area contributed by atoms with Crippen LogP contribution in [0, 0.1) is 0 Å². The van der Waals surface area contributed by atoms with E-state index in [1.54, 1.807) is 11.1 Å². The molecule has 4 rings (SSSR count). The number of para-hydroxylation sites is 2. The first-order valence-corrected chi connectivity index (χ1v) is 8.96. The minimum Gasteiger partial charge on any atom is -0.322 e. The van der Waals surface area contributed by atoms with E-state index in [-0.39, 0.29) is 11.8 Å². The van der Waals surface area contributed by atoms with E-state index in [0.29, 0.717) is 23.7 Å². The van der Waals surface area contributed by atoms with Crippen molar-refractivity contribution < 1.29 is 9.59 Å². The average molecular weight is 338 g/mol. The van der Waals surface area contributed by atoms with Gasteiger partial charge in [-0.05, 0) is 37.8 Å². The fourth-order valence-corrected chi connectivity index (χ4v) is 3.51. The Morgan fingerprint density at radius 3 is 2.84 bits per heavy atom. The van der Waals surface area contributed by atoms with Gasteiger partial charge in [0.25, 0.3) is 5.91 Å². The minimum absolute atomic E-state index is 0.125. The zero-order valence-electron chi connectivity index (χ0n) is 14.3. The van der Waals surface area contributed by atoms with Crippen LogP contribution in [0.3, 0.4) is 0 Å². The number of nitrogens with one attached hydrogen (secondary N) is 1. The summed E-state index contributed by atoms with van der Waals surface area (Å²) in [7, 11) is 0. The maximum absolute atomic E-state index is 13.2. The largest absolute Gasteiger partial charge is 0.322 e. The Labute approximate surface area is 146 Å². The highest BCUT2D eigenvalue weighted by atomic mass is 16.2. The van der Waals surface area contributed by atoms with Gasteiger partial charge in [0.15, 0.2) is 0 Å². The molecule has 1 atom stereocenters. The van der Waals surface area contributed by atoms with Gasteiger partial charge < -0.3 is 5.32 Å². The summed E-state index contributed by atoms with van der Waals surface area (Å²) in [5.41, 5.74) is 1.97. The molecule has 0 saturated heterocycles. The number of carbonyl (C=O) groups is 2. The third-order valence-electron chi connectivity index (χ3n) is 5.11. The molecule has 1 aromatic carbocycles. The summed E-state index contributed by atoms with van der Waals surface area (Å²) in [5, 5.41) is 7.29. The summed E-state index contributed by atoms with van der Waals surface area (Å²) in [4.78, 5) is 27.4. The van der Waals surface area contributed by atoms with E-state index >= 15 is 0 Å². The van der Waals surface area contributed by atoms with Gasteiger partial charge in [-0.3, -0.25) is 19.2 Å². The molecule has 2 aliphatic rings. The molecule has 1 fully saturated rings. The molecule has 6 nitrogen and oxygen atoms in total. The van der Waals surface area contributed by atoms with Gasteiger partial charge in [0, 0.05) is 6.20 Å². The minimum atomic E-state index is -0.487. The number of hydrogen-bond donors (Lipinski definition) is 1. The lowest BCUT2D eigenvalue weighted by Crippen LogP contribution is -2.51. The van der Waals surface area contributed by atoms with E-state index in [4.69, 9.17) is 0 Å². The summed E-state index contributed by atoms with van der Waals surface area (Å²) in [6.45, 7) is 2.02. The van der Waals surface area contributed by atoms with Gasteiger partial charge in [0.05, 0.1) is 29.2 Å². The van der Waals surface area contributed by atoms with E-state index in [1.807, 2.05) is 42.1 Å². The Balaban J connectivity index is 1.70. The second-order valence-corrected chi connectivity index (χ2v) is 6.78. The first-order chi connectivity index (χ1) is 12.2. The van der Waals surface area contributed by atoms with E-state index in [1.165, 1.54) is 6.42 Å². The van der Waals surface area contributed by atoms with Crippen molar-refractivity contribution in [2.75, 3.05) is 10.2 Å². The van der Waals surface area contributed by atoms with Crippen LogP contribution in [0.2, 0.25) is 0 Å². The van der Waals surface area contributed by atoms with E-state index < -0.39 is 6.04 Å². The predicted octanol–water partition coefficient (Wildman–Crippen LogP) is 3.38. The van der Waals surface area contributed by atoms with Crippen LogP contribution in [0.5, 0.6) is 0 Å². The molecule has 2 aromatic rings. The molecule has 1 unspecified atom stereocenters. The van der Waals surface area contributed by atoms with Crippen LogP contribution in [0.15, 0.2) is 36.7 Å². The second kappa shape index (κ2) is 6.35. The van der Waals surface area contributed by atoms with Crippen molar-refractivity contribution >= 4 is 23.2 Å². The van der Waals surface area contributed by atoms with Crippen molar-refractivity contribution in [1.82, 2.24) is 9.78 Å². The third kappa shape index (κ3) is 2.71. The summed E-state index contributed by atoms with van der Waals surface area (Å²) in [5.74, 6) is -0.286. The molecule has 25 heavy (non-hydrogen) atoms. The second-order valence-electron chi connectivity index (χ2n) is 6.78. The highest BCUT2D eigenvalue weighted by Gasteiger charge is 2.37. The van der Waals surface area contributed by atoms with Crippen molar-refractivity contribution in [3.63, 3.8) is 0 Å². The fourth-order valence-electron chi connectivity index (χ4n) is 3.51. The van der Waals surface area contributed by atoms with Gasteiger partial charge in [0.2, 0.25) is 5.91 Å². The zero-order valence-corrected chi connectivity index (χ0v) is 14.3. The monoisotopic (exact) mass is 338 g/mol. The van der Waals surface area contributed by atoms with Crippen LogP contribution in [-0.4, -0.2) is 27.6 Å². The van der Waals surface area contributed by atoms with Gasteiger partial charge in [-0.2, -0.15) is 5.10 Å². The summed E-state index contributed by atoms with van der Waals surface area (Å²) >= 11 is 0. The SMILES string of the molecule is CCCC1C(=O)Nc2ccccc2N1C(=O)c1cnn(C2CCC2)c1. The molecule has 1 N–H and O–H groups in total. The smallest absolute Gasteiger partial charge is 0.262 e. The van der Waals surface area contributed by atoms with Crippen LogP contribution in [-0.2, 0) is 4.79 Å². The molecule has 1 aromatic heterocycles. The molecule has 2 amide bonds. The lowest BCUT2D eigenvalue weighted by Gasteiger charge is -2.36. The standard InChI is InChI=1S/C19H22N4O2/c1-2-6-17-18(24)21-15-9-3-4-10-16(15)23(17)19(25)13-11-20-22(12-13)14-7-5-8-14/h3-4,9-12,14,17H,2,5-8H2,1H3,(H,21,24). The molecular weight excluding hydrogens is 316 g/mol. The van der Waals surface area contributed by atoms with E-state index in [2.05, 4.69) is 10.4 Å². The number of anilines is 2. The lowest BCUT2D eigenvalue weighted by molar-refractivity contribution is -0.117. The summed E-state index contributed by atoms with van der Waals surface area (Å²) in [6, 6.07) is 7.37. The molecule has 0 bridgehead atoms. The number of benzene rings is 1. The van der Waals surface area contributed by atoms with Gasteiger partial charge >= 0.3 is 0 Å². The van der Waals surface area contributed by atoms with E-state index in [0.717, 1.165) is 24.9 Å². The van der Waals surface area contributed by atoms with Gasteiger partial charge in [0.1, 0.15) is 6.04 Å². The maximum atomic E-state index is 13.2. The maximum Gasteiger partial charge on any atom is 0.262 e. The Morgan fingerprint density at radius 2 is 2.12 bits per heavy atom. The molecule has 6 heteroatoms. The van der Waals surface area contributed by atoms with Crippen LogP contribution in [0.25, 0.3) is 0 Å². The highest BCUT2D eigenvalue weighted by Crippen LogP contribution is 2.35.